The van der Waals surface area contributed by atoms with Crippen LogP contribution >= 0.6 is 0 Å². The molecule has 3 aliphatic rings. The van der Waals surface area contributed by atoms with E-state index in [2.05, 4.69) is 0 Å². The van der Waals surface area contributed by atoms with E-state index in [1.54, 1.807) is 0 Å². The molecule has 2 aromatic rings. The van der Waals surface area contributed by atoms with E-state index in [0.29, 0.717) is 32.0 Å². The molecular formula is C29H35F3N2O2. The molecule has 0 aromatic heterocycles. The summed E-state index contributed by atoms with van der Waals surface area (Å²) in [6, 6.07) is 15.7. The minimum atomic E-state index is -4.09. The van der Waals surface area contributed by atoms with Gasteiger partial charge < -0.3 is 14.5 Å². The van der Waals surface area contributed by atoms with Crippen molar-refractivity contribution in [1.29, 1.82) is 0 Å². The van der Waals surface area contributed by atoms with Crippen molar-refractivity contribution in [2.75, 3.05) is 39.3 Å². The number of rotatable bonds is 7. The highest BCUT2D eigenvalue weighted by atomic mass is 19.4. The zero-order valence-electron chi connectivity index (χ0n) is 20.7. The first kappa shape index (κ1) is 25.1. The van der Waals surface area contributed by atoms with Crippen LogP contribution < -0.4 is 4.74 Å². The number of nitrogens with zero attached hydrogens (tertiary/aromatic N) is 2. The quantitative estimate of drug-likeness (QED) is 0.440. The van der Waals surface area contributed by atoms with Crippen molar-refractivity contribution in [3.05, 3.63) is 54.1 Å². The molecule has 3 fully saturated rings. The predicted molar refractivity (Wildman–Crippen MR) is 134 cm³/mol. The molecule has 1 aliphatic carbocycles. The van der Waals surface area contributed by atoms with Gasteiger partial charge in [0.05, 0.1) is 12.0 Å². The average molecular weight is 501 g/mol. The second-order valence-corrected chi connectivity index (χ2v) is 10.8. The van der Waals surface area contributed by atoms with Crippen molar-refractivity contribution in [3.63, 3.8) is 0 Å². The highest BCUT2D eigenvalue weighted by molar-refractivity contribution is 5.94. The summed E-state index contributed by atoms with van der Waals surface area (Å²) in [5.74, 6) is 1.27. The molecule has 0 atom stereocenters. The van der Waals surface area contributed by atoms with Crippen LogP contribution in [0.25, 0.3) is 11.1 Å². The van der Waals surface area contributed by atoms with E-state index in [-0.39, 0.29) is 25.3 Å². The minimum absolute atomic E-state index is 0.108. The Balaban J connectivity index is 1.08. The summed E-state index contributed by atoms with van der Waals surface area (Å²) in [6.07, 6.45) is 1.05. The van der Waals surface area contributed by atoms with Gasteiger partial charge in [0, 0.05) is 25.2 Å². The molecule has 194 valence electrons. The summed E-state index contributed by atoms with van der Waals surface area (Å²) in [5, 5.41) is 0. The van der Waals surface area contributed by atoms with Crippen LogP contribution in [-0.2, 0) is 0 Å². The van der Waals surface area contributed by atoms with Crippen molar-refractivity contribution in [2.45, 2.75) is 51.1 Å². The van der Waals surface area contributed by atoms with Crippen molar-refractivity contribution in [3.8, 4) is 16.9 Å². The Morgan fingerprint density at radius 2 is 1.44 bits per heavy atom. The van der Waals surface area contributed by atoms with Gasteiger partial charge in [0.1, 0.15) is 5.75 Å². The van der Waals surface area contributed by atoms with E-state index in [1.807, 2.05) is 58.3 Å². The minimum Gasteiger partial charge on any atom is -0.493 e. The highest BCUT2D eigenvalue weighted by Crippen LogP contribution is 2.53. The van der Waals surface area contributed by atoms with Gasteiger partial charge in [-0.15, -0.1) is 0 Å². The number of piperidine rings is 1. The van der Waals surface area contributed by atoms with Crippen molar-refractivity contribution >= 4 is 5.91 Å². The maximum Gasteiger partial charge on any atom is 0.395 e. The van der Waals surface area contributed by atoms with Crippen LogP contribution in [0.2, 0.25) is 0 Å². The maximum absolute atomic E-state index is 13.5. The van der Waals surface area contributed by atoms with Crippen LogP contribution in [0, 0.1) is 11.3 Å². The van der Waals surface area contributed by atoms with Crippen LogP contribution in [0.1, 0.15) is 55.3 Å². The Morgan fingerprint density at radius 1 is 0.861 bits per heavy atom. The van der Waals surface area contributed by atoms with Gasteiger partial charge >= 0.3 is 6.18 Å². The number of hydrogen-bond donors (Lipinski definition) is 0. The molecule has 0 radical (unpaired) electrons. The molecular weight excluding hydrogens is 465 g/mol. The summed E-state index contributed by atoms with van der Waals surface area (Å²) >= 11 is 0. The van der Waals surface area contributed by atoms with E-state index in [9.17, 15) is 18.0 Å². The van der Waals surface area contributed by atoms with Crippen LogP contribution in [-0.4, -0.2) is 61.2 Å². The number of carbonyl (C=O) groups excluding carboxylic acids is 1. The smallest absolute Gasteiger partial charge is 0.395 e. The van der Waals surface area contributed by atoms with E-state index < -0.39 is 11.6 Å². The first-order valence-electron chi connectivity index (χ1n) is 13.2. The molecule has 2 aliphatic heterocycles. The van der Waals surface area contributed by atoms with Gasteiger partial charge in [-0.2, -0.15) is 13.2 Å². The summed E-state index contributed by atoms with van der Waals surface area (Å²) < 4.78 is 46.5. The third-order valence-electron chi connectivity index (χ3n) is 8.34. The second kappa shape index (κ2) is 10.4. The first-order valence-corrected chi connectivity index (χ1v) is 13.2. The third-order valence-corrected chi connectivity index (χ3v) is 8.34. The zero-order valence-corrected chi connectivity index (χ0v) is 20.7. The molecule has 2 saturated heterocycles. The first-order chi connectivity index (χ1) is 17.3. The lowest BCUT2D eigenvalue weighted by Crippen LogP contribution is -2.53. The maximum atomic E-state index is 13.5. The second-order valence-electron chi connectivity index (χ2n) is 10.8. The Labute approximate surface area is 211 Å². The molecule has 0 N–H and O–H groups in total. The summed E-state index contributed by atoms with van der Waals surface area (Å²) in [5.41, 5.74) is 1.37. The van der Waals surface area contributed by atoms with Crippen LogP contribution in [0.3, 0.4) is 0 Å². The number of alkyl halides is 3. The number of ether oxygens (including phenoxy) is 1. The largest absolute Gasteiger partial charge is 0.493 e. The lowest BCUT2D eigenvalue weighted by molar-refractivity contribution is -0.256. The molecule has 5 rings (SSSR count). The van der Waals surface area contributed by atoms with Gasteiger partial charge in [-0.1, -0.05) is 30.7 Å². The van der Waals surface area contributed by atoms with Crippen LogP contribution in [0.15, 0.2) is 48.5 Å². The van der Waals surface area contributed by atoms with Crippen molar-refractivity contribution < 1.29 is 22.7 Å². The summed E-state index contributed by atoms with van der Waals surface area (Å²) in [4.78, 5) is 16.5. The van der Waals surface area contributed by atoms with Gasteiger partial charge in [0.2, 0.25) is 0 Å². The standard InChI is InChI=1S/C29H35F3N2O2/c30-29(31,32)28(14-3-15-28)21-33-18-12-22(13-19-33)20-36-26-10-8-24(9-11-26)23-4-6-25(7-5-23)27(35)34-16-1-2-17-34/h4-11,22H,1-3,12-21H2. The molecule has 1 saturated carbocycles. The lowest BCUT2D eigenvalue weighted by atomic mass is 9.67. The van der Waals surface area contributed by atoms with Gasteiger partial charge in [0.25, 0.3) is 5.91 Å². The van der Waals surface area contributed by atoms with E-state index in [0.717, 1.165) is 61.2 Å². The lowest BCUT2D eigenvalue weighted by Gasteiger charge is -2.47. The molecule has 2 heterocycles. The zero-order chi connectivity index (χ0) is 25.2. The number of hydrogen-bond acceptors (Lipinski definition) is 3. The Bertz CT molecular complexity index is 1020. The van der Waals surface area contributed by atoms with E-state index in [4.69, 9.17) is 4.74 Å². The fourth-order valence-electron chi connectivity index (χ4n) is 5.74. The monoisotopic (exact) mass is 500 g/mol. The van der Waals surface area contributed by atoms with Crippen molar-refractivity contribution in [2.24, 2.45) is 11.3 Å². The molecule has 0 spiro atoms. The average Bonchev–Trinajstić information content (AvgIpc) is 3.40. The number of amides is 1. The number of carbonyl (C=O) groups is 1. The molecule has 0 bridgehead atoms. The Morgan fingerprint density at radius 3 is 1.97 bits per heavy atom. The summed E-state index contributed by atoms with van der Waals surface area (Å²) in [6.45, 7) is 3.85. The predicted octanol–water partition coefficient (Wildman–Crippen LogP) is 6.41. The van der Waals surface area contributed by atoms with Crippen LogP contribution in [0.5, 0.6) is 5.75 Å². The molecule has 7 heteroatoms. The Kier molecular flexibility index (Phi) is 7.29. The van der Waals surface area contributed by atoms with Gasteiger partial charge in [-0.25, -0.2) is 0 Å². The fraction of sp³-hybridized carbons (Fsp3) is 0.552. The number of benzene rings is 2. The SMILES string of the molecule is O=C(c1ccc(-c2ccc(OCC3CCN(CC4(C(F)(F)F)CCC4)CC3)cc2)cc1)N1CCCC1. The third kappa shape index (κ3) is 5.41. The molecule has 36 heavy (non-hydrogen) atoms. The Hall–Kier alpha value is -2.54. The van der Waals surface area contributed by atoms with E-state index in [1.165, 1.54) is 0 Å². The van der Waals surface area contributed by atoms with Crippen molar-refractivity contribution in [1.82, 2.24) is 9.80 Å². The molecule has 4 nitrogen and oxygen atoms in total. The molecule has 0 unspecified atom stereocenters. The van der Waals surface area contributed by atoms with E-state index >= 15 is 0 Å². The van der Waals surface area contributed by atoms with Gasteiger partial charge in [0.15, 0.2) is 0 Å². The molecule has 1 amide bonds. The summed E-state index contributed by atoms with van der Waals surface area (Å²) in [7, 11) is 0. The topological polar surface area (TPSA) is 32.8 Å². The molecule has 2 aromatic carbocycles. The van der Waals surface area contributed by atoms with Gasteiger partial charge in [-0.05, 0) is 92.9 Å². The normalized spacial score (nSPS) is 20.8. The fourth-order valence-corrected chi connectivity index (χ4v) is 5.74. The van der Waals surface area contributed by atoms with Crippen LogP contribution in [0.4, 0.5) is 13.2 Å². The number of likely N-dealkylation sites (tertiary alicyclic amines) is 2. The highest BCUT2D eigenvalue weighted by Gasteiger charge is 2.58. The number of halogens is 3. The van der Waals surface area contributed by atoms with Gasteiger partial charge in [-0.3, -0.25) is 4.79 Å².